The summed E-state index contributed by atoms with van der Waals surface area (Å²) in [7, 11) is 0. The van der Waals surface area contributed by atoms with E-state index in [0.29, 0.717) is 12.1 Å². The molecule has 0 bridgehead atoms. The van der Waals surface area contributed by atoms with Gasteiger partial charge in [-0.25, -0.2) is 0 Å². The fourth-order valence-electron chi connectivity index (χ4n) is 1.79. The number of amides is 1. The second kappa shape index (κ2) is 7.52. The van der Waals surface area contributed by atoms with E-state index in [0.717, 1.165) is 26.4 Å². The van der Waals surface area contributed by atoms with Crippen molar-refractivity contribution in [2.75, 3.05) is 16.8 Å². The van der Waals surface area contributed by atoms with Crippen LogP contribution < -0.4 is 11.1 Å². The first-order chi connectivity index (χ1) is 10.1. The van der Waals surface area contributed by atoms with Crippen molar-refractivity contribution in [3.63, 3.8) is 0 Å². The number of nitrogen functional groups attached to an aromatic ring is 1. The molecule has 0 radical (unpaired) electrons. The van der Waals surface area contributed by atoms with Gasteiger partial charge in [-0.05, 0) is 48.9 Å². The first kappa shape index (κ1) is 15.9. The van der Waals surface area contributed by atoms with E-state index in [-0.39, 0.29) is 5.91 Å². The Bertz CT molecular complexity index is 629. The lowest BCUT2D eigenvalue weighted by atomic mass is 10.1. The SMILES string of the molecule is Cc1c(N)cccc1NC(=O)CCSc1ccc(Br)cc1. The van der Waals surface area contributed by atoms with Gasteiger partial charge in [0.2, 0.25) is 5.91 Å². The first-order valence-electron chi connectivity index (χ1n) is 6.59. The lowest BCUT2D eigenvalue weighted by molar-refractivity contribution is -0.115. The Labute approximate surface area is 137 Å². The summed E-state index contributed by atoms with van der Waals surface area (Å²) >= 11 is 5.07. The Kier molecular flexibility index (Phi) is 5.70. The summed E-state index contributed by atoms with van der Waals surface area (Å²) in [6.07, 6.45) is 0.467. The van der Waals surface area contributed by atoms with Crippen LogP contribution in [0.1, 0.15) is 12.0 Å². The monoisotopic (exact) mass is 364 g/mol. The minimum Gasteiger partial charge on any atom is -0.398 e. The van der Waals surface area contributed by atoms with Gasteiger partial charge in [0.05, 0.1) is 0 Å². The molecule has 21 heavy (non-hydrogen) atoms. The number of anilines is 2. The number of halogens is 1. The normalized spacial score (nSPS) is 10.4. The molecule has 0 saturated heterocycles. The maximum absolute atomic E-state index is 11.9. The topological polar surface area (TPSA) is 55.1 Å². The minimum absolute atomic E-state index is 0.00770. The highest BCUT2D eigenvalue weighted by Gasteiger charge is 2.06. The summed E-state index contributed by atoms with van der Waals surface area (Å²) in [6, 6.07) is 13.6. The van der Waals surface area contributed by atoms with E-state index in [4.69, 9.17) is 5.73 Å². The van der Waals surface area contributed by atoms with Crippen molar-refractivity contribution < 1.29 is 4.79 Å². The molecule has 0 spiro atoms. The van der Waals surface area contributed by atoms with Gasteiger partial charge in [0, 0.05) is 32.9 Å². The molecule has 3 N–H and O–H groups in total. The fourth-order valence-corrected chi connectivity index (χ4v) is 2.91. The van der Waals surface area contributed by atoms with Crippen LogP contribution in [0.15, 0.2) is 51.8 Å². The second-order valence-electron chi connectivity index (χ2n) is 4.62. The number of carbonyl (C=O) groups is 1. The Morgan fingerprint density at radius 3 is 2.67 bits per heavy atom. The molecular formula is C16H17BrN2OS. The Morgan fingerprint density at radius 2 is 1.95 bits per heavy atom. The molecule has 2 rings (SSSR count). The van der Waals surface area contributed by atoms with Crippen molar-refractivity contribution in [2.45, 2.75) is 18.2 Å². The summed E-state index contributed by atoms with van der Waals surface area (Å²) in [5, 5.41) is 2.91. The van der Waals surface area contributed by atoms with E-state index in [1.807, 2.05) is 49.4 Å². The zero-order valence-corrected chi connectivity index (χ0v) is 14.1. The molecule has 2 aromatic rings. The van der Waals surface area contributed by atoms with Crippen LogP contribution in [-0.4, -0.2) is 11.7 Å². The fraction of sp³-hybridized carbons (Fsp3) is 0.188. The largest absolute Gasteiger partial charge is 0.398 e. The molecule has 0 aliphatic heterocycles. The Balaban J connectivity index is 1.82. The number of nitrogens with two attached hydrogens (primary N) is 1. The van der Waals surface area contributed by atoms with Crippen LogP contribution in [0.2, 0.25) is 0 Å². The van der Waals surface area contributed by atoms with E-state index < -0.39 is 0 Å². The molecule has 2 aromatic carbocycles. The van der Waals surface area contributed by atoms with Gasteiger partial charge < -0.3 is 11.1 Å². The van der Waals surface area contributed by atoms with Crippen molar-refractivity contribution in [3.8, 4) is 0 Å². The van der Waals surface area contributed by atoms with Crippen molar-refractivity contribution in [1.82, 2.24) is 0 Å². The predicted octanol–water partition coefficient (Wildman–Crippen LogP) is 4.46. The first-order valence-corrected chi connectivity index (χ1v) is 8.37. The predicted molar refractivity (Wildman–Crippen MR) is 93.7 cm³/mol. The number of rotatable bonds is 5. The lowest BCUT2D eigenvalue weighted by Crippen LogP contribution is -2.13. The summed E-state index contributed by atoms with van der Waals surface area (Å²) in [4.78, 5) is 13.1. The van der Waals surface area contributed by atoms with Crippen molar-refractivity contribution >= 4 is 45.0 Å². The molecule has 0 aliphatic rings. The average Bonchev–Trinajstić information content (AvgIpc) is 2.46. The summed E-state index contributed by atoms with van der Waals surface area (Å²) in [5.41, 5.74) is 8.21. The van der Waals surface area contributed by atoms with E-state index in [1.54, 1.807) is 11.8 Å². The van der Waals surface area contributed by atoms with E-state index >= 15 is 0 Å². The molecule has 1 amide bonds. The Morgan fingerprint density at radius 1 is 1.24 bits per heavy atom. The second-order valence-corrected chi connectivity index (χ2v) is 6.70. The maximum atomic E-state index is 11.9. The van der Waals surface area contributed by atoms with Crippen LogP contribution in [-0.2, 0) is 4.79 Å². The number of hydrogen-bond acceptors (Lipinski definition) is 3. The molecule has 0 atom stereocenters. The summed E-state index contributed by atoms with van der Waals surface area (Å²) in [5.74, 6) is 0.753. The van der Waals surface area contributed by atoms with Gasteiger partial charge in [0.25, 0.3) is 0 Å². The van der Waals surface area contributed by atoms with Crippen LogP contribution in [0, 0.1) is 6.92 Å². The zero-order valence-electron chi connectivity index (χ0n) is 11.7. The van der Waals surface area contributed by atoms with Gasteiger partial charge in [-0.2, -0.15) is 0 Å². The highest BCUT2D eigenvalue weighted by Crippen LogP contribution is 2.23. The molecule has 5 heteroatoms. The molecule has 0 heterocycles. The Hall–Kier alpha value is -1.46. The van der Waals surface area contributed by atoms with Gasteiger partial charge in [-0.3, -0.25) is 4.79 Å². The molecular weight excluding hydrogens is 348 g/mol. The third-order valence-electron chi connectivity index (χ3n) is 3.06. The summed E-state index contributed by atoms with van der Waals surface area (Å²) < 4.78 is 1.06. The van der Waals surface area contributed by atoms with Gasteiger partial charge in [0.15, 0.2) is 0 Å². The van der Waals surface area contributed by atoms with Crippen molar-refractivity contribution in [1.29, 1.82) is 0 Å². The molecule has 0 aromatic heterocycles. The van der Waals surface area contributed by atoms with E-state index in [9.17, 15) is 4.79 Å². The van der Waals surface area contributed by atoms with Crippen molar-refractivity contribution in [3.05, 3.63) is 52.5 Å². The third-order valence-corrected chi connectivity index (χ3v) is 4.60. The number of nitrogens with one attached hydrogen (secondary N) is 1. The van der Waals surface area contributed by atoms with Crippen LogP contribution in [0.4, 0.5) is 11.4 Å². The number of hydrogen-bond donors (Lipinski definition) is 2. The lowest BCUT2D eigenvalue weighted by Gasteiger charge is -2.10. The van der Waals surface area contributed by atoms with Crippen molar-refractivity contribution in [2.24, 2.45) is 0 Å². The highest BCUT2D eigenvalue weighted by molar-refractivity contribution is 9.10. The average molecular weight is 365 g/mol. The summed E-state index contributed by atoms with van der Waals surface area (Å²) in [6.45, 7) is 1.90. The maximum Gasteiger partial charge on any atom is 0.225 e. The molecule has 0 saturated carbocycles. The van der Waals surface area contributed by atoms with Crippen LogP contribution in [0.25, 0.3) is 0 Å². The van der Waals surface area contributed by atoms with Gasteiger partial charge in [-0.15, -0.1) is 11.8 Å². The molecule has 3 nitrogen and oxygen atoms in total. The highest BCUT2D eigenvalue weighted by atomic mass is 79.9. The van der Waals surface area contributed by atoms with E-state index in [2.05, 4.69) is 21.2 Å². The van der Waals surface area contributed by atoms with Crippen LogP contribution in [0.5, 0.6) is 0 Å². The molecule has 0 unspecified atom stereocenters. The smallest absolute Gasteiger partial charge is 0.225 e. The van der Waals surface area contributed by atoms with Gasteiger partial charge in [-0.1, -0.05) is 22.0 Å². The minimum atomic E-state index is 0.00770. The van der Waals surface area contributed by atoms with Gasteiger partial charge in [0.1, 0.15) is 0 Å². The number of benzene rings is 2. The third kappa shape index (κ3) is 4.79. The zero-order chi connectivity index (χ0) is 15.2. The molecule has 110 valence electrons. The van der Waals surface area contributed by atoms with Crippen LogP contribution in [0.3, 0.4) is 0 Å². The standard InChI is InChI=1S/C16H17BrN2OS/c1-11-14(18)3-2-4-15(11)19-16(20)9-10-21-13-7-5-12(17)6-8-13/h2-8H,9-10,18H2,1H3,(H,19,20). The molecule has 0 fully saturated rings. The van der Waals surface area contributed by atoms with Crippen LogP contribution >= 0.6 is 27.7 Å². The van der Waals surface area contributed by atoms with E-state index in [1.165, 1.54) is 0 Å². The number of thioether (sulfide) groups is 1. The number of carbonyl (C=O) groups excluding carboxylic acids is 1. The van der Waals surface area contributed by atoms with Gasteiger partial charge >= 0.3 is 0 Å². The molecule has 0 aliphatic carbocycles. The quantitative estimate of drug-likeness (QED) is 0.608.